The Bertz CT molecular complexity index is 1340. The van der Waals surface area contributed by atoms with Crippen molar-refractivity contribution >= 4 is 17.9 Å². The maximum atomic E-state index is 13.2. The van der Waals surface area contributed by atoms with E-state index in [9.17, 15) is 29.7 Å². The molecule has 63 heavy (non-hydrogen) atoms. The maximum absolute atomic E-state index is 13.2. The number of nitrogens with zero attached hydrogens (tertiary/aromatic N) is 4. The van der Waals surface area contributed by atoms with Crippen molar-refractivity contribution in [2.75, 3.05) is 52.4 Å². The fourth-order valence-corrected chi connectivity index (χ4v) is 9.24. The lowest BCUT2D eigenvalue weighted by Gasteiger charge is -2.39. The molecule has 0 spiro atoms. The van der Waals surface area contributed by atoms with Gasteiger partial charge in [0.05, 0.1) is 0 Å². The number of aliphatic carboxylic acids is 3. The number of hydrogen-bond acceptors (Lipinski definition) is 7. The van der Waals surface area contributed by atoms with E-state index in [1.54, 1.807) is 0 Å². The first kappa shape index (κ1) is 56.6. The molecule has 0 bridgehead atoms. The molecular formula is C53H96N4O6. The Morgan fingerprint density at radius 2 is 0.714 bits per heavy atom. The standard InChI is InChI=1S/C53H96N4O6/c1-10-13-16-19-22-25-28-46(49(58)59)55-33-31-54(42-43-39-44(52(4,5)6)41-45(40-43)53(7,8)9)32-34-56(47(50(60)61)29-26-23-20-17-14-11-2)36-38-57(37-35-55)48(51(62)63)30-27-24-21-18-15-12-3/h39-41,46-48H,10-38,42H2,1-9H3,(H,58,59)(H,60,61)(H,62,63). The average Bonchev–Trinajstić information content (AvgIpc) is 3.21. The van der Waals surface area contributed by atoms with E-state index in [-0.39, 0.29) is 10.8 Å². The third-order valence-corrected chi connectivity index (χ3v) is 13.6. The van der Waals surface area contributed by atoms with Gasteiger partial charge in [-0.1, -0.05) is 196 Å². The van der Waals surface area contributed by atoms with Gasteiger partial charge in [-0.3, -0.25) is 34.0 Å². The summed E-state index contributed by atoms with van der Waals surface area (Å²) in [5, 5.41) is 32.3. The lowest BCUT2D eigenvalue weighted by Crippen LogP contribution is -2.54. The summed E-state index contributed by atoms with van der Waals surface area (Å²) < 4.78 is 0. The quantitative estimate of drug-likeness (QED) is 0.0670. The molecule has 3 atom stereocenters. The molecule has 1 aliphatic rings. The van der Waals surface area contributed by atoms with Gasteiger partial charge in [-0.15, -0.1) is 0 Å². The second-order valence-electron chi connectivity index (χ2n) is 21.0. The molecule has 364 valence electrons. The molecule has 0 aliphatic carbocycles. The largest absolute Gasteiger partial charge is 0.480 e. The van der Waals surface area contributed by atoms with E-state index >= 15 is 0 Å². The van der Waals surface area contributed by atoms with Gasteiger partial charge < -0.3 is 15.3 Å². The summed E-state index contributed by atoms with van der Waals surface area (Å²) in [4.78, 5) is 48.2. The zero-order valence-corrected chi connectivity index (χ0v) is 42.0. The van der Waals surface area contributed by atoms with Gasteiger partial charge >= 0.3 is 17.9 Å². The smallest absolute Gasteiger partial charge is 0.320 e. The van der Waals surface area contributed by atoms with Gasteiger partial charge in [0.25, 0.3) is 0 Å². The number of rotatable bonds is 29. The Kier molecular flexibility index (Phi) is 27.5. The number of unbranched alkanes of at least 4 members (excludes halogenated alkanes) is 15. The van der Waals surface area contributed by atoms with Crippen LogP contribution in [-0.2, 0) is 31.8 Å². The number of carbonyl (C=O) groups is 3. The SMILES string of the molecule is CCCCCCCCC(C(=O)O)N1CCN(Cc2cc(C(C)(C)C)cc(C(C)(C)C)c2)CCN(C(CCCCCCCC)C(=O)O)CCN(C(CCCCCCCC)C(=O)O)CC1. The van der Waals surface area contributed by atoms with Crippen molar-refractivity contribution in [1.29, 1.82) is 0 Å². The molecule has 10 heteroatoms. The molecule has 0 saturated carbocycles. The van der Waals surface area contributed by atoms with Crippen LogP contribution >= 0.6 is 0 Å². The van der Waals surface area contributed by atoms with Crippen LogP contribution in [0.1, 0.15) is 214 Å². The van der Waals surface area contributed by atoms with E-state index in [0.717, 1.165) is 70.6 Å². The summed E-state index contributed by atoms with van der Waals surface area (Å²) >= 11 is 0. The lowest BCUT2D eigenvalue weighted by molar-refractivity contribution is -0.147. The van der Waals surface area contributed by atoms with Crippen molar-refractivity contribution in [2.24, 2.45) is 0 Å². The van der Waals surface area contributed by atoms with Crippen molar-refractivity contribution in [2.45, 2.75) is 233 Å². The van der Waals surface area contributed by atoms with Crippen LogP contribution in [0.5, 0.6) is 0 Å². The van der Waals surface area contributed by atoms with Crippen LogP contribution < -0.4 is 0 Å². The normalized spacial score (nSPS) is 17.5. The molecule has 10 nitrogen and oxygen atoms in total. The Morgan fingerprint density at radius 1 is 0.444 bits per heavy atom. The highest BCUT2D eigenvalue weighted by Crippen LogP contribution is 2.31. The highest BCUT2D eigenvalue weighted by atomic mass is 16.4. The first-order chi connectivity index (χ1) is 29.9. The molecule has 1 saturated heterocycles. The molecule has 1 aromatic carbocycles. The van der Waals surface area contributed by atoms with Crippen LogP contribution in [0.15, 0.2) is 18.2 Å². The van der Waals surface area contributed by atoms with Crippen LogP contribution in [0, 0.1) is 0 Å². The molecule has 1 aromatic rings. The molecule has 3 N–H and O–H groups in total. The molecule has 2 rings (SSSR count). The van der Waals surface area contributed by atoms with E-state index in [0.29, 0.717) is 78.2 Å². The minimum absolute atomic E-state index is 0.0450. The van der Waals surface area contributed by atoms with Crippen LogP contribution in [-0.4, -0.2) is 123 Å². The Hall–Kier alpha value is -2.53. The van der Waals surface area contributed by atoms with Gasteiger partial charge in [0.15, 0.2) is 0 Å². The van der Waals surface area contributed by atoms with Crippen molar-refractivity contribution in [3.63, 3.8) is 0 Å². The third kappa shape index (κ3) is 22.5. The second-order valence-corrected chi connectivity index (χ2v) is 21.0. The second kappa shape index (κ2) is 30.6. The van der Waals surface area contributed by atoms with E-state index in [4.69, 9.17) is 0 Å². The molecule has 1 heterocycles. The van der Waals surface area contributed by atoms with Crippen molar-refractivity contribution in [1.82, 2.24) is 19.6 Å². The summed E-state index contributed by atoms with van der Waals surface area (Å²) in [6, 6.07) is 4.96. The van der Waals surface area contributed by atoms with E-state index in [1.165, 1.54) is 61.6 Å². The predicted molar refractivity (Wildman–Crippen MR) is 262 cm³/mol. The molecule has 3 unspecified atom stereocenters. The van der Waals surface area contributed by atoms with E-state index in [1.807, 2.05) is 4.90 Å². The minimum atomic E-state index is -0.851. The topological polar surface area (TPSA) is 125 Å². The highest BCUT2D eigenvalue weighted by Gasteiger charge is 2.33. The molecule has 1 fully saturated rings. The number of benzene rings is 1. The first-order valence-corrected chi connectivity index (χ1v) is 25.7. The van der Waals surface area contributed by atoms with Crippen molar-refractivity contribution in [3.8, 4) is 0 Å². The molecular weight excluding hydrogens is 789 g/mol. The fraction of sp³-hybridized carbons (Fsp3) is 0.830. The molecule has 1 aliphatic heterocycles. The Morgan fingerprint density at radius 3 is 0.984 bits per heavy atom. The van der Waals surface area contributed by atoms with Crippen molar-refractivity contribution in [3.05, 3.63) is 34.9 Å². The van der Waals surface area contributed by atoms with Gasteiger partial charge in [-0.25, -0.2) is 0 Å². The van der Waals surface area contributed by atoms with Crippen molar-refractivity contribution < 1.29 is 29.7 Å². The molecule has 0 amide bonds. The molecule has 0 aromatic heterocycles. The van der Waals surface area contributed by atoms with E-state index in [2.05, 4.69) is 95.2 Å². The minimum Gasteiger partial charge on any atom is -0.480 e. The van der Waals surface area contributed by atoms with Gasteiger partial charge in [-0.2, -0.15) is 0 Å². The van der Waals surface area contributed by atoms with Gasteiger partial charge in [0, 0.05) is 58.9 Å². The summed E-state index contributed by atoms with van der Waals surface area (Å²) in [6.45, 7) is 24.8. The zero-order valence-electron chi connectivity index (χ0n) is 42.0. The van der Waals surface area contributed by atoms with Crippen LogP contribution in [0.2, 0.25) is 0 Å². The number of carboxylic acid groups (broad SMARTS) is 3. The van der Waals surface area contributed by atoms with Gasteiger partial charge in [0.2, 0.25) is 0 Å². The molecule has 0 radical (unpaired) electrons. The van der Waals surface area contributed by atoms with Gasteiger partial charge in [-0.05, 0) is 46.8 Å². The summed E-state index contributed by atoms with van der Waals surface area (Å²) in [7, 11) is 0. The van der Waals surface area contributed by atoms with Gasteiger partial charge in [0.1, 0.15) is 18.1 Å². The average molecular weight is 885 g/mol. The van der Waals surface area contributed by atoms with Crippen LogP contribution in [0.3, 0.4) is 0 Å². The Labute approximate surface area is 385 Å². The van der Waals surface area contributed by atoms with E-state index < -0.39 is 36.0 Å². The van der Waals surface area contributed by atoms with Crippen LogP contribution in [0.25, 0.3) is 0 Å². The first-order valence-electron chi connectivity index (χ1n) is 25.7. The van der Waals surface area contributed by atoms with Crippen LogP contribution in [0.4, 0.5) is 0 Å². The Balaban J connectivity index is 2.61. The fourth-order valence-electron chi connectivity index (χ4n) is 9.24. The summed E-state index contributed by atoms with van der Waals surface area (Å²) in [5.41, 5.74) is 3.69. The monoisotopic (exact) mass is 885 g/mol. The zero-order chi connectivity index (χ0) is 46.8. The summed E-state index contributed by atoms with van der Waals surface area (Å²) in [6.07, 6.45) is 21.1. The number of carboxylic acids is 3. The predicted octanol–water partition coefficient (Wildman–Crippen LogP) is 11.6. The summed E-state index contributed by atoms with van der Waals surface area (Å²) in [5.74, 6) is -2.47. The third-order valence-electron chi connectivity index (χ3n) is 13.6. The lowest BCUT2D eigenvalue weighted by atomic mass is 9.79. The maximum Gasteiger partial charge on any atom is 0.320 e. The number of hydrogen-bond donors (Lipinski definition) is 3. The highest BCUT2D eigenvalue weighted by molar-refractivity contribution is 5.74.